The highest BCUT2D eigenvalue weighted by Gasteiger charge is 2.33. The molecule has 3 rings (SSSR count). The van der Waals surface area contributed by atoms with Crippen molar-refractivity contribution < 1.29 is 22.8 Å². The number of ketones is 1. The highest BCUT2D eigenvalue weighted by molar-refractivity contribution is 7.92. The minimum absolute atomic E-state index is 0.108. The van der Waals surface area contributed by atoms with E-state index in [0.717, 1.165) is 21.7 Å². The zero-order chi connectivity index (χ0) is 29.3. The summed E-state index contributed by atoms with van der Waals surface area (Å²) in [4.78, 5) is 41.0. The fourth-order valence-electron chi connectivity index (χ4n) is 4.25. The van der Waals surface area contributed by atoms with Gasteiger partial charge in [0.1, 0.15) is 12.6 Å². The van der Waals surface area contributed by atoms with Gasteiger partial charge in [-0.2, -0.15) is 0 Å². The van der Waals surface area contributed by atoms with Crippen LogP contribution in [0.1, 0.15) is 42.3 Å². The first-order valence-corrected chi connectivity index (χ1v) is 15.0. The second-order valence-electron chi connectivity index (χ2n) is 10.2. The summed E-state index contributed by atoms with van der Waals surface area (Å²) in [5.74, 6) is -0.875. The Kier molecular flexibility index (Phi) is 10.6. The number of rotatable bonds is 13. The zero-order valence-electron chi connectivity index (χ0n) is 23.4. The Labute approximate surface area is 237 Å². The van der Waals surface area contributed by atoms with Crippen molar-refractivity contribution in [1.29, 1.82) is 0 Å². The lowest BCUT2D eigenvalue weighted by atomic mass is 10.0. The summed E-state index contributed by atoms with van der Waals surface area (Å²) in [5, 5.41) is 2.96. The number of amides is 2. The molecule has 212 valence electrons. The molecule has 0 aromatic heterocycles. The van der Waals surface area contributed by atoms with Crippen LogP contribution in [0.3, 0.4) is 0 Å². The molecular formula is C31H37N3O5S. The van der Waals surface area contributed by atoms with E-state index < -0.39 is 28.5 Å². The van der Waals surface area contributed by atoms with E-state index in [2.05, 4.69) is 5.32 Å². The van der Waals surface area contributed by atoms with Crippen molar-refractivity contribution in [3.63, 3.8) is 0 Å². The van der Waals surface area contributed by atoms with Gasteiger partial charge in [0.15, 0.2) is 5.78 Å². The number of carbonyl (C=O) groups excluding carboxylic acids is 3. The Morgan fingerprint density at radius 2 is 1.45 bits per heavy atom. The molecule has 0 aliphatic rings. The average Bonchev–Trinajstić information content (AvgIpc) is 2.92. The molecule has 1 atom stereocenters. The Hall–Kier alpha value is -3.98. The van der Waals surface area contributed by atoms with E-state index in [1.54, 1.807) is 18.2 Å². The molecule has 3 aromatic rings. The summed E-state index contributed by atoms with van der Waals surface area (Å²) in [6.07, 6.45) is 1.26. The van der Waals surface area contributed by atoms with Crippen LogP contribution < -0.4 is 9.62 Å². The minimum Gasteiger partial charge on any atom is -0.354 e. The lowest BCUT2D eigenvalue weighted by Gasteiger charge is -2.33. The first-order chi connectivity index (χ1) is 19.0. The molecule has 8 nitrogen and oxygen atoms in total. The van der Waals surface area contributed by atoms with Gasteiger partial charge in [0.25, 0.3) is 0 Å². The third-order valence-electron chi connectivity index (χ3n) is 6.37. The van der Waals surface area contributed by atoms with Crippen molar-refractivity contribution in [1.82, 2.24) is 10.2 Å². The summed E-state index contributed by atoms with van der Waals surface area (Å²) in [6, 6.07) is 23.9. The normalized spacial score (nSPS) is 12.0. The standard InChI is InChI=1S/C31H37N3O5S/c1-23(2)20-32-31(37)29(18-25-12-7-5-8-13-25)33(21-26-14-9-6-10-15-26)30(36)22-34(40(4,38)39)28-17-11-16-27(19-28)24(3)35/h5-17,19,23,29H,18,20-22H2,1-4H3,(H,32,37)/t29-/m0/s1. The van der Waals surface area contributed by atoms with Crippen molar-refractivity contribution in [3.05, 3.63) is 102 Å². The number of nitrogens with one attached hydrogen (secondary N) is 1. The monoisotopic (exact) mass is 563 g/mol. The second-order valence-corrected chi connectivity index (χ2v) is 12.1. The van der Waals surface area contributed by atoms with Gasteiger partial charge < -0.3 is 10.2 Å². The number of anilines is 1. The number of sulfonamides is 1. The highest BCUT2D eigenvalue weighted by atomic mass is 32.2. The Morgan fingerprint density at radius 1 is 0.850 bits per heavy atom. The van der Waals surface area contributed by atoms with Crippen molar-refractivity contribution >= 4 is 33.3 Å². The topological polar surface area (TPSA) is 104 Å². The quantitative estimate of drug-likeness (QED) is 0.316. The summed E-state index contributed by atoms with van der Waals surface area (Å²) < 4.78 is 26.8. The Bertz CT molecular complexity index is 1410. The van der Waals surface area contributed by atoms with Crippen LogP contribution in [-0.2, 0) is 32.6 Å². The third kappa shape index (κ3) is 8.77. The molecule has 0 saturated carbocycles. The molecule has 0 aliphatic carbocycles. The van der Waals surface area contributed by atoms with Gasteiger partial charge in [-0.15, -0.1) is 0 Å². The maximum atomic E-state index is 14.0. The predicted molar refractivity (Wildman–Crippen MR) is 157 cm³/mol. The van der Waals surface area contributed by atoms with E-state index >= 15 is 0 Å². The smallest absolute Gasteiger partial charge is 0.244 e. The summed E-state index contributed by atoms with van der Waals surface area (Å²) >= 11 is 0. The van der Waals surface area contributed by atoms with Crippen molar-refractivity contribution in [2.24, 2.45) is 5.92 Å². The SMILES string of the molecule is CC(=O)c1cccc(N(CC(=O)N(Cc2ccccc2)[C@@H](Cc2ccccc2)C(=O)NCC(C)C)S(C)(=O)=O)c1. The van der Waals surface area contributed by atoms with Gasteiger partial charge in [-0.25, -0.2) is 8.42 Å². The molecule has 0 radical (unpaired) electrons. The maximum Gasteiger partial charge on any atom is 0.244 e. The molecule has 2 amide bonds. The van der Waals surface area contributed by atoms with Gasteiger partial charge >= 0.3 is 0 Å². The van der Waals surface area contributed by atoms with Crippen molar-refractivity contribution in [2.75, 3.05) is 23.7 Å². The van der Waals surface area contributed by atoms with E-state index in [1.807, 2.05) is 74.5 Å². The highest BCUT2D eigenvalue weighted by Crippen LogP contribution is 2.22. The molecular weight excluding hydrogens is 526 g/mol. The summed E-state index contributed by atoms with van der Waals surface area (Å²) in [5.41, 5.74) is 2.20. The van der Waals surface area contributed by atoms with Gasteiger partial charge in [0, 0.05) is 25.1 Å². The average molecular weight is 564 g/mol. The Balaban J connectivity index is 2.04. The number of hydrogen-bond acceptors (Lipinski definition) is 5. The van der Waals surface area contributed by atoms with Crippen LogP contribution in [0.2, 0.25) is 0 Å². The summed E-state index contributed by atoms with van der Waals surface area (Å²) in [6.45, 7) is 5.37. The van der Waals surface area contributed by atoms with E-state index in [1.165, 1.54) is 17.9 Å². The lowest BCUT2D eigenvalue weighted by Crippen LogP contribution is -2.53. The van der Waals surface area contributed by atoms with E-state index in [4.69, 9.17) is 0 Å². The predicted octanol–water partition coefficient (Wildman–Crippen LogP) is 4.07. The van der Waals surface area contributed by atoms with Gasteiger partial charge in [-0.05, 0) is 36.1 Å². The number of benzene rings is 3. The molecule has 3 aromatic carbocycles. The van der Waals surface area contributed by atoms with Crippen LogP contribution in [0.25, 0.3) is 0 Å². The second kappa shape index (κ2) is 13.9. The number of hydrogen-bond donors (Lipinski definition) is 1. The molecule has 0 fully saturated rings. The summed E-state index contributed by atoms with van der Waals surface area (Å²) in [7, 11) is -3.91. The number of nitrogens with zero attached hydrogens (tertiary/aromatic N) is 2. The fraction of sp³-hybridized carbons (Fsp3) is 0.323. The van der Waals surface area contributed by atoms with Gasteiger partial charge in [-0.1, -0.05) is 86.6 Å². The first kappa shape index (κ1) is 30.6. The zero-order valence-corrected chi connectivity index (χ0v) is 24.2. The molecule has 40 heavy (non-hydrogen) atoms. The van der Waals surface area contributed by atoms with Crippen LogP contribution in [0.4, 0.5) is 5.69 Å². The maximum absolute atomic E-state index is 14.0. The minimum atomic E-state index is -3.91. The number of Topliss-reactive ketones (excluding diaryl/α,β-unsaturated/α-hetero) is 1. The number of carbonyl (C=O) groups is 3. The van der Waals surface area contributed by atoms with E-state index in [0.29, 0.717) is 12.1 Å². The lowest BCUT2D eigenvalue weighted by molar-refractivity contribution is -0.140. The fourth-order valence-corrected chi connectivity index (χ4v) is 5.09. The van der Waals surface area contributed by atoms with Gasteiger partial charge in [0.05, 0.1) is 11.9 Å². The molecule has 0 bridgehead atoms. The van der Waals surface area contributed by atoms with Crippen LogP contribution in [0, 0.1) is 5.92 Å². The van der Waals surface area contributed by atoms with Gasteiger partial charge in [-0.3, -0.25) is 18.7 Å². The van der Waals surface area contributed by atoms with Crippen molar-refractivity contribution in [2.45, 2.75) is 39.8 Å². The molecule has 0 heterocycles. The third-order valence-corrected chi connectivity index (χ3v) is 7.51. The molecule has 0 aliphatic heterocycles. The van der Waals surface area contributed by atoms with E-state index in [9.17, 15) is 22.8 Å². The molecule has 0 spiro atoms. The van der Waals surface area contributed by atoms with Crippen LogP contribution in [-0.4, -0.2) is 56.3 Å². The molecule has 0 saturated heterocycles. The van der Waals surface area contributed by atoms with Gasteiger partial charge in [0.2, 0.25) is 21.8 Å². The Morgan fingerprint density at radius 3 is 2.00 bits per heavy atom. The first-order valence-electron chi connectivity index (χ1n) is 13.2. The molecule has 0 unspecified atom stereocenters. The van der Waals surface area contributed by atoms with E-state index in [-0.39, 0.29) is 36.3 Å². The molecule has 1 N–H and O–H groups in total. The van der Waals surface area contributed by atoms with Crippen LogP contribution in [0.5, 0.6) is 0 Å². The largest absolute Gasteiger partial charge is 0.354 e. The molecule has 9 heteroatoms. The van der Waals surface area contributed by atoms with Crippen LogP contribution >= 0.6 is 0 Å². The van der Waals surface area contributed by atoms with Crippen molar-refractivity contribution in [3.8, 4) is 0 Å². The van der Waals surface area contributed by atoms with Crippen LogP contribution in [0.15, 0.2) is 84.9 Å².